The fraction of sp³-hybridized carbons (Fsp3) is 0. The smallest absolute Gasteiger partial charge is 0 e. The Morgan fingerprint density at radius 2 is 1.60 bits per heavy atom. The molecule has 0 atom stereocenters. The van der Waals surface area contributed by atoms with Crippen molar-refractivity contribution in [1.29, 1.82) is 0 Å². The Morgan fingerprint density at radius 1 is 1.60 bits per heavy atom. The largest absolute Gasteiger partial charge is 0.147 e. The molecular weight excluding hydrogens is 160 g/mol. The van der Waals surface area contributed by atoms with Crippen molar-refractivity contribution in [1.82, 2.24) is 0 Å². The van der Waals surface area contributed by atoms with Crippen LogP contribution in [0.2, 0.25) is 0 Å². The molecule has 0 aromatic rings. The summed E-state index contributed by atoms with van der Waals surface area (Å²) >= 11 is 4.76. The first-order valence-corrected chi connectivity index (χ1v) is 1.06. The van der Waals surface area contributed by atoms with Gasteiger partial charge in [0.25, 0.3) is 0 Å². The Labute approximate surface area is 55.8 Å². The van der Waals surface area contributed by atoms with Gasteiger partial charge in [0.2, 0.25) is 0 Å². The van der Waals surface area contributed by atoms with Crippen LogP contribution in [0, 0.1) is 0 Å². The van der Waals surface area contributed by atoms with Gasteiger partial charge in [0.15, 0.2) is 0 Å². The van der Waals surface area contributed by atoms with E-state index in [1.165, 1.54) is 5.54 Å². The molecule has 0 unspecified atom stereocenters. The molecule has 28 valence electrons. The Hall–Kier alpha value is 0.943. The number of hydrogen-bond donors (Lipinski definition) is 0. The van der Waals surface area contributed by atoms with Gasteiger partial charge in [-0.3, -0.25) is 0 Å². The molecule has 0 spiro atoms. The zero-order valence-electron chi connectivity index (χ0n) is 2.78. The van der Waals surface area contributed by atoms with Crippen molar-refractivity contribution < 1.29 is 19.5 Å². The van der Waals surface area contributed by atoms with Crippen LogP contribution in [0.5, 0.6) is 0 Å². The molecule has 0 aromatic carbocycles. The minimum atomic E-state index is 0. The van der Waals surface area contributed by atoms with E-state index in [4.69, 9.17) is 11.6 Å². The summed E-state index contributed by atoms with van der Waals surface area (Å²) in [4.78, 5) is 0. The summed E-state index contributed by atoms with van der Waals surface area (Å²) in [6.45, 7) is 3.13. The van der Waals surface area contributed by atoms with E-state index in [1.54, 1.807) is 0 Å². The molecule has 5 heavy (non-hydrogen) atoms. The van der Waals surface area contributed by atoms with Gasteiger partial charge < -0.3 is 0 Å². The van der Waals surface area contributed by atoms with E-state index in [9.17, 15) is 0 Å². The molecule has 3 heteroatoms. The van der Waals surface area contributed by atoms with Crippen molar-refractivity contribution >= 4 is 24.0 Å². The van der Waals surface area contributed by atoms with Crippen LogP contribution in [0.3, 0.4) is 0 Å². The average Bonchev–Trinajstić information content (AvgIpc) is 0.918. The van der Waals surface area contributed by atoms with Crippen molar-refractivity contribution in [3.63, 3.8) is 0 Å². The predicted molar refractivity (Wildman–Crippen MR) is 23.3 cm³/mol. The molecule has 0 saturated carbocycles. The van der Waals surface area contributed by atoms with Crippen LogP contribution in [0.4, 0.5) is 0 Å². The maximum Gasteiger partial charge on any atom is 0 e. The molecule has 0 heterocycles. The summed E-state index contributed by atoms with van der Waals surface area (Å²) in [5.41, 5.74) is 1.22. The van der Waals surface area contributed by atoms with E-state index in [0.29, 0.717) is 0 Å². The first-order chi connectivity index (χ1) is 1.41. The van der Waals surface area contributed by atoms with Gasteiger partial charge >= 0.3 is 0 Å². The van der Waals surface area contributed by atoms with Gasteiger partial charge in [0.05, 0.1) is 0 Å². The molecule has 0 amide bonds. The van der Waals surface area contributed by atoms with Crippen molar-refractivity contribution in [2.75, 3.05) is 0 Å². The second-order valence-corrected chi connectivity index (χ2v) is 0.463. The van der Waals surface area contributed by atoms with Gasteiger partial charge in [-0.1, -0.05) is 18.2 Å². The molecule has 0 bridgehead atoms. The molecule has 0 aliphatic carbocycles. The third-order valence-electron chi connectivity index (χ3n) is 0. The van der Waals surface area contributed by atoms with E-state index in [2.05, 4.69) is 6.58 Å². The fourth-order valence-corrected chi connectivity index (χ4v) is 0. The van der Waals surface area contributed by atoms with E-state index >= 15 is 0 Å². The molecule has 0 radical (unpaired) electrons. The monoisotopic (exact) mass is 162 g/mol. The van der Waals surface area contributed by atoms with Gasteiger partial charge in [-0.15, -0.1) is 12.4 Å². The Balaban J connectivity index is -0.0000000200. The minimum Gasteiger partial charge on any atom is -0.147 e. The summed E-state index contributed by atoms with van der Waals surface area (Å²) in [6.07, 6.45) is 0. The first-order valence-electron chi connectivity index (χ1n) is 0.626. The normalized spacial score (nSPS) is 2.60. The third-order valence-corrected chi connectivity index (χ3v) is 0. The van der Waals surface area contributed by atoms with Crippen LogP contribution in [0.15, 0.2) is 12.1 Å². The number of halogens is 2. The quantitative estimate of drug-likeness (QED) is 0.479. The number of hydrogen-bond acceptors (Lipinski definition) is 0. The van der Waals surface area contributed by atoms with Gasteiger partial charge in [-0.2, -0.15) is 0 Å². The van der Waals surface area contributed by atoms with Crippen molar-refractivity contribution in [3.05, 3.63) is 12.1 Å². The van der Waals surface area contributed by atoms with Gasteiger partial charge in [0.1, 0.15) is 0 Å². The average molecular weight is 164 g/mol. The van der Waals surface area contributed by atoms with Gasteiger partial charge in [-0.25, -0.2) is 0 Å². The predicted octanol–water partition coefficient (Wildman–Crippen LogP) is 1.79. The summed E-state index contributed by atoms with van der Waals surface area (Å²) < 4.78 is 0. The van der Waals surface area contributed by atoms with Crippen LogP contribution < -0.4 is 0 Å². The van der Waals surface area contributed by atoms with Crippen molar-refractivity contribution in [3.8, 4) is 0 Å². The Morgan fingerprint density at radius 3 is 1.60 bits per heavy atom. The molecule has 0 aliphatic rings. The maximum atomic E-state index is 4.76. The first kappa shape index (κ1) is 16.8. The van der Waals surface area contributed by atoms with E-state index in [0.717, 1.165) is 0 Å². The van der Waals surface area contributed by atoms with Crippen molar-refractivity contribution in [2.24, 2.45) is 0 Å². The maximum absolute atomic E-state index is 4.76. The van der Waals surface area contributed by atoms with E-state index in [-0.39, 0.29) is 31.9 Å². The van der Waals surface area contributed by atoms with Crippen LogP contribution in [-0.2, 0) is 19.5 Å². The Bertz CT molecular complexity index is 15.1. The van der Waals surface area contributed by atoms with Crippen LogP contribution in [0.1, 0.15) is 0 Å². The minimum absolute atomic E-state index is 0. The van der Waals surface area contributed by atoms with Crippen LogP contribution in [-0.4, -0.2) is 0 Å². The second-order valence-electron chi connectivity index (χ2n) is 0.154. The van der Waals surface area contributed by atoms with Gasteiger partial charge in [0, 0.05) is 19.5 Å². The zero-order chi connectivity index (χ0) is 2.71. The molecule has 0 aliphatic heterocycles. The molecule has 0 fully saturated rings. The summed E-state index contributed by atoms with van der Waals surface area (Å²) in [6, 6.07) is 0. The number of rotatable bonds is 0. The SMILES string of the molecule is C=CCl.Cl.[Zn]. The summed E-state index contributed by atoms with van der Waals surface area (Å²) in [5, 5.41) is 0. The standard InChI is InChI=1S/C2H3Cl.ClH.Zn/c1-2-3;;/h2H,1H2;1H;. The zero-order valence-corrected chi connectivity index (χ0v) is 7.32. The van der Waals surface area contributed by atoms with Crippen LogP contribution >= 0.6 is 24.0 Å². The third kappa shape index (κ3) is 48.1. The topological polar surface area (TPSA) is 0 Å². The molecular formula is C2H4Cl2Zn. The Kier molecular flexibility index (Phi) is 68.2. The molecule has 0 N–H and O–H groups in total. The van der Waals surface area contributed by atoms with Gasteiger partial charge in [-0.05, 0) is 5.54 Å². The summed E-state index contributed by atoms with van der Waals surface area (Å²) in [5.74, 6) is 0. The molecule has 0 rings (SSSR count). The summed E-state index contributed by atoms with van der Waals surface area (Å²) in [7, 11) is 0. The van der Waals surface area contributed by atoms with Crippen molar-refractivity contribution in [2.45, 2.75) is 0 Å². The molecule has 0 nitrogen and oxygen atoms in total. The molecule has 0 aromatic heterocycles. The fourth-order valence-electron chi connectivity index (χ4n) is 0. The van der Waals surface area contributed by atoms with E-state index < -0.39 is 0 Å². The van der Waals surface area contributed by atoms with E-state index in [1.807, 2.05) is 0 Å². The molecule has 0 saturated heterocycles. The van der Waals surface area contributed by atoms with Crippen LogP contribution in [0.25, 0.3) is 0 Å². The second kappa shape index (κ2) is 20.4.